The molecule has 0 aliphatic rings. The Balaban J connectivity index is 2.52. The molecule has 3 nitrogen and oxygen atoms in total. The third kappa shape index (κ3) is 2.35. The minimum atomic E-state index is -0.211. The normalized spacial score (nSPS) is 10.2. The molecule has 0 bridgehead atoms. The van der Waals surface area contributed by atoms with E-state index in [-0.39, 0.29) is 22.8 Å². The minimum Gasteiger partial charge on any atom is -0.504 e. The van der Waals surface area contributed by atoms with Gasteiger partial charge in [0, 0.05) is 4.47 Å². The lowest BCUT2D eigenvalue weighted by Crippen LogP contribution is -2.00. The third-order valence-corrected chi connectivity index (χ3v) is 3.58. The van der Waals surface area contributed by atoms with Gasteiger partial charge in [0.2, 0.25) is 5.78 Å². The molecule has 1 aromatic heterocycles. The maximum Gasteiger partial charge on any atom is 0.206 e. The Morgan fingerprint density at radius 1 is 1.47 bits per heavy atom. The fraction of sp³-hybridized carbons (Fsp3) is 0.0833. The van der Waals surface area contributed by atoms with Crippen molar-refractivity contribution in [1.82, 2.24) is 0 Å². The van der Waals surface area contributed by atoms with Gasteiger partial charge < -0.3 is 9.84 Å². The SMILES string of the molecule is COc1cc(Br)cc(C(=O)c2cccs2)c1O. The Labute approximate surface area is 111 Å². The quantitative estimate of drug-likeness (QED) is 0.883. The molecule has 0 amide bonds. The highest BCUT2D eigenvalue weighted by atomic mass is 79.9. The summed E-state index contributed by atoms with van der Waals surface area (Å²) in [6.45, 7) is 0. The zero-order valence-electron chi connectivity index (χ0n) is 8.94. The molecular formula is C12H9BrO3S. The number of carbonyl (C=O) groups excluding carboxylic acids is 1. The van der Waals surface area contributed by atoms with Gasteiger partial charge >= 0.3 is 0 Å². The molecule has 88 valence electrons. The molecule has 0 radical (unpaired) electrons. The molecule has 2 rings (SSSR count). The molecule has 1 N–H and O–H groups in total. The number of ketones is 1. The fourth-order valence-electron chi connectivity index (χ4n) is 1.44. The Hall–Kier alpha value is -1.33. The number of thiophene rings is 1. The summed E-state index contributed by atoms with van der Waals surface area (Å²) in [7, 11) is 1.45. The van der Waals surface area contributed by atoms with Crippen molar-refractivity contribution < 1.29 is 14.6 Å². The van der Waals surface area contributed by atoms with Crippen LogP contribution in [0.4, 0.5) is 0 Å². The fourth-order valence-corrected chi connectivity index (χ4v) is 2.56. The second kappa shape index (κ2) is 4.89. The number of ether oxygens (including phenoxy) is 1. The third-order valence-electron chi connectivity index (χ3n) is 2.25. The van der Waals surface area contributed by atoms with Crippen LogP contribution in [0.5, 0.6) is 11.5 Å². The first-order valence-corrected chi connectivity index (χ1v) is 6.45. The summed E-state index contributed by atoms with van der Waals surface area (Å²) in [5.74, 6) is -0.0644. The van der Waals surface area contributed by atoms with Gasteiger partial charge in [0.15, 0.2) is 11.5 Å². The molecule has 0 saturated carbocycles. The average Bonchev–Trinajstić information content (AvgIpc) is 2.84. The van der Waals surface area contributed by atoms with E-state index in [2.05, 4.69) is 15.9 Å². The molecule has 1 aromatic carbocycles. The van der Waals surface area contributed by atoms with Crippen molar-refractivity contribution >= 4 is 33.0 Å². The van der Waals surface area contributed by atoms with Gasteiger partial charge in [-0.15, -0.1) is 11.3 Å². The van der Waals surface area contributed by atoms with Gasteiger partial charge in [-0.2, -0.15) is 0 Å². The predicted octanol–water partition coefficient (Wildman–Crippen LogP) is 3.46. The van der Waals surface area contributed by atoms with Crippen molar-refractivity contribution in [3.63, 3.8) is 0 Å². The van der Waals surface area contributed by atoms with E-state index in [1.165, 1.54) is 18.4 Å². The van der Waals surface area contributed by atoms with E-state index in [9.17, 15) is 9.90 Å². The van der Waals surface area contributed by atoms with Crippen LogP contribution in [0, 0.1) is 0 Å². The first-order valence-electron chi connectivity index (χ1n) is 4.78. The molecule has 0 saturated heterocycles. The van der Waals surface area contributed by atoms with Gasteiger partial charge in [0.25, 0.3) is 0 Å². The Morgan fingerprint density at radius 2 is 2.24 bits per heavy atom. The molecule has 0 aliphatic heterocycles. The highest BCUT2D eigenvalue weighted by Gasteiger charge is 2.18. The number of phenolic OH excluding ortho intramolecular Hbond substituents is 1. The lowest BCUT2D eigenvalue weighted by molar-refractivity contribution is 0.103. The lowest BCUT2D eigenvalue weighted by atomic mass is 10.1. The van der Waals surface area contributed by atoms with Gasteiger partial charge in [-0.3, -0.25) is 4.79 Å². The van der Waals surface area contributed by atoms with Gasteiger partial charge in [0.1, 0.15) is 0 Å². The van der Waals surface area contributed by atoms with Crippen LogP contribution in [0.15, 0.2) is 34.1 Å². The standard InChI is InChI=1S/C12H9BrO3S/c1-16-9-6-7(13)5-8(11(9)14)12(15)10-3-2-4-17-10/h2-6,14H,1H3. The summed E-state index contributed by atoms with van der Waals surface area (Å²) >= 11 is 4.62. The van der Waals surface area contributed by atoms with Crippen LogP contribution < -0.4 is 4.74 Å². The van der Waals surface area contributed by atoms with Gasteiger partial charge in [0.05, 0.1) is 17.6 Å². The molecule has 0 fully saturated rings. The zero-order chi connectivity index (χ0) is 12.4. The average molecular weight is 313 g/mol. The molecule has 0 unspecified atom stereocenters. The molecule has 0 atom stereocenters. The Morgan fingerprint density at radius 3 is 2.82 bits per heavy atom. The van der Waals surface area contributed by atoms with Crippen LogP contribution in [0.3, 0.4) is 0 Å². The molecule has 5 heteroatoms. The van der Waals surface area contributed by atoms with Gasteiger partial charge in [-0.25, -0.2) is 0 Å². The van der Waals surface area contributed by atoms with Gasteiger partial charge in [-0.1, -0.05) is 22.0 Å². The highest BCUT2D eigenvalue weighted by molar-refractivity contribution is 9.10. The molecular weight excluding hydrogens is 304 g/mol. The first-order chi connectivity index (χ1) is 8.13. The van der Waals surface area contributed by atoms with Crippen molar-refractivity contribution in [3.05, 3.63) is 44.6 Å². The van der Waals surface area contributed by atoms with Crippen molar-refractivity contribution in [2.45, 2.75) is 0 Å². The van der Waals surface area contributed by atoms with Crippen LogP contribution in [-0.2, 0) is 0 Å². The van der Waals surface area contributed by atoms with Gasteiger partial charge in [-0.05, 0) is 23.6 Å². The van der Waals surface area contributed by atoms with E-state index >= 15 is 0 Å². The summed E-state index contributed by atoms with van der Waals surface area (Å²) in [6, 6.07) is 6.71. The molecule has 17 heavy (non-hydrogen) atoms. The van der Waals surface area contributed by atoms with Crippen LogP contribution in [0.1, 0.15) is 15.2 Å². The summed E-state index contributed by atoms with van der Waals surface area (Å²) in [5.41, 5.74) is 0.235. The molecule has 2 aromatic rings. The maximum absolute atomic E-state index is 12.1. The van der Waals surface area contributed by atoms with E-state index in [1.807, 2.05) is 5.38 Å². The van der Waals surface area contributed by atoms with E-state index < -0.39 is 0 Å². The van der Waals surface area contributed by atoms with Crippen LogP contribution in [0.2, 0.25) is 0 Å². The maximum atomic E-state index is 12.1. The lowest BCUT2D eigenvalue weighted by Gasteiger charge is -2.08. The van der Waals surface area contributed by atoms with Crippen molar-refractivity contribution in [2.75, 3.05) is 7.11 Å². The van der Waals surface area contributed by atoms with Crippen LogP contribution >= 0.6 is 27.3 Å². The van der Waals surface area contributed by atoms with Crippen LogP contribution in [0.25, 0.3) is 0 Å². The predicted molar refractivity (Wildman–Crippen MR) is 70.1 cm³/mol. The minimum absolute atomic E-state index is 0.130. The highest BCUT2D eigenvalue weighted by Crippen LogP contribution is 2.35. The molecule has 0 aliphatic carbocycles. The summed E-state index contributed by atoms with van der Waals surface area (Å²) in [4.78, 5) is 12.7. The van der Waals surface area contributed by atoms with E-state index in [0.29, 0.717) is 9.35 Å². The molecule has 1 heterocycles. The van der Waals surface area contributed by atoms with E-state index in [4.69, 9.17) is 4.74 Å². The first kappa shape index (κ1) is 12.1. The van der Waals surface area contributed by atoms with Crippen molar-refractivity contribution in [1.29, 1.82) is 0 Å². The van der Waals surface area contributed by atoms with Crippen molar-refractivity contribution in [3.8, 4) is 11.5 Å². The molecule has 0 spiro atoms. The number of halogens is 1. The number of hydrogen-bond donors (Lipinski definition) is 1. The summed E-state index contributed by atoms with van der Waals surface area (Å²) in [6.07, 6.45) is 0. The number of rotatable bonds is 3. The smallest absolute Gasteiger partial charge is 0.206 e. The van der Waals surface area contributed by atoms with E-state index in [1.54, 1.807) is 24.3 Å². The second-order valence-electron chi connectivity index (χ2n) is 3.31. The summed E-state index contributed by atoms with van der Waals surface area (Å²) in [5, 5.41) is 11.7. The number of carbonyl (C=O) groups is 1. The number of hydrogen-bond acceptors (Lipinski definition) is 4. The number of phenols is 1. The topological polar surface area (TPSA) is 46.5 Å². The van der Waals surface area contributed by atoms with Crippen molar-refractivity contribution in [2.24, 2.45) is 0 Å². The van der Waals surface area contributed by atoms with Crippen LogP contribution in [-0.4, -0.2) is 18.0 Å². The number of methoxy groups -OCH3 is 1. The summed E-state index contributed by atoms with van der Waals surface area (Å²) < 4.78 is 5.69. The Bertz CT molecular complexity index is 549. The second-order valence-corrected chi connectivity index (χ2v) is 5.17. The monoisotopic (exact) mass is 312 g/mol. The Kier molecular flexibility index (Phi) is 3.49. The zero-order valence-corrected chi connectivity index (χ0v) is 11.3. The largest absolute Gasteiger partial charge is 0.504 e. The number of benzene rings is 1. The number of aromatic hydroxyl groups is 1. The van der Waals surface area contributed by atoms with E-state index in [0.717, 1.165) is 0 Å².